The molecule has 0 atom stereocenters. The van der Waals surface area contributed by atoms with Crippen LogP contribution in [0.2, 0.25) is 0 Å². The molecule has 0 amide bonds. The average Bonchev–Trinajstić information content (AvgIpc) is 2.93. The van der Waals surface area contributed by atoms with Gasteiger partial charge in [-0.3, -0.25) is 0 Å². The summed E-state index contributed by atoms with van der Waals surface area (Å²) in [6, 6.07) is 41.7. The Balaban J connectivity index is 1.81. The van der Waals surface area contributed by atoms with Crippen LogP contribution in [0, 0.1) is 11.3 Å². The summed E-state index contributed by atoms with van der Waals surface area (Å²) in [4.78, 5) is 0. The van der Waals surface area contributed by atoms with Crippen molar-refractivity contribution in [1.29, 1.82) is 5.26 Å². The first kappa shape index (κ1) is 22.4. The lowest BCUT2D eigenvalue weighted by Gasteiger charge is -2.19. The molecule has 0 fully saturated rings. The van der Waals surface area contributed by atoms with Gasteiger partial charge >= 0.3 is 7.12 Å². The van der Waals surface area contributed by atoms with Crippen molar-refractivity contribution in [2.75, 3.05) is 0 Å². The van der Waals surface area contributed by atoms with Gasteiger partial charge < -0.3 is 10.0 Å². The first-order valence-corrected chi connectivity index (χ1v) is 11.4. The summed E-state index contributed by atoms with van der Waals surface area (Å²) in [5, 5.41) is 29.5. The summed E-state index contributed by atoms with van der Waals surface area (Å²) < 4.78 is 0. The van der Waals surface area contributed by atoms with Crippen LogP contribution in [0.3, 0.4) is 0 Å². The molecule has 3 nitrogen and oxygen atoms in total. The standard InChI is InChI=1S/C31H22BNO2/c33-21-22-15-17-28(30(19-22)24-11-5-2-6-12-24)29-18-16-25(32(34)35)20-31(29)27-14-8-7-13-26(27)23-9-3-1-4-10-23/h1-20,34-35H. The highest BCUT2D eigenvalue weighted by atomic mass is 16.4. The van der Waals surface area contributed by atoms with E-state index >= 15 is 0 Å². The van der Waals surface area contributed by atoms with Gasteiger partial charge in [-0.25, -0.2) is 0 Å². The second-order valence-electron chi connectivity index (χ2n) is 8.33. The van der Waals surface area contributed by atoms with Gasteiger partial charge in [-0.2, -0.15) is 5.26 Å². The number of rotatable bonds is 5. The molecule has 0 aliphatic heterocycles. The van der Waals surface area contributed by atoms with Gasteiger partial charge in [0.2, 0.25) is 0 Å². The predicted molar refractivity (Wildman–Crippen MR) is 143 cm³/mol. The molecule has 2 N–H and O–H groups in total. The fourth-order valence-corrected chi connectivity index (χ4v) is 4.47. The SMILES string of the molecule is N#Cc1ccc(-c2ccc(B(O)O)cc2-c2ccccc2-c2ccccc2)c(-c2ccccc2)c1. The number of nitriles is 1. The minimum absolute atomic E-state index is 0.418. The van der Waals surface area contributed by atoms with E-state index in [1.807, 2.05) is 91.0 Å². The Hall–Kier alpha value is -4.43. The zero-order valence-corrected chi connectivity index (χ0v) is 19.0. The summed E-state index contributed by atoms with van der Waals surface area (Å²) in [6.07, 6.45) is 0. The van der Waals surface area contributed by atoms with Crippen molar-refractivity contribution in [3.8, 4) is 50.6 Å². The van der Waals surface area contributed by atoms with Gasteiger partial charge in [-0.05, 0) is 62.1 Å². The minimum Gasteiger partial charge on any atom is -0.423 e. The van der Waals surface area contributed by atoms with E-state index in [1.165, 1.54) is 0 Å². The van der Waals surface area contributed by atoms with Crippen LogP contribution >= 0.6 is 0 Å². The van der Waals surface area contributed by atoms with Crippen LogP contribution in [0.25, 0.3) is 44.5 Å². The van der Waals surface area contributed by atoms with Crippen LogP contribution in [0.4, 0.5) is 0 Å². The summed E-state index contributed by atoms with van der Waals surface area (Å²) in [5.41, 5.74) is 8.86. The normalized spacial score (nSPS) is 10.5. The molecule has 0 aromatic heterocycles. The molecule has 0 aliphatic rings. The first-order chi connectivity index (χ1) is 17.2. The van der Waals surface area contributed by atoms with E-state index in [9.17, 15) is 15.3 Å². The van der Waals surface area contributed by atoms with Crippen molar-refractivity contribution in [3.05, 3.63) is 127 Å². The molecule has 166 valence electrons. The molecular formula is C31H22BNO2. The summed E-state index contributed by atoms with van der Waals surface area (Å²) in [5.74, 6) is 0. The Morgan fingerprint density at radius 2 is 1.00 bits per heavy atom. The third-order valence-electron chi connectivity index (χ3n) is 6.17. The average molecular weight is 451 g/mol. The topological polar surface area (TPSA) is 64.2 Å². The Labute approximate surface area is 205 Å². The van der Waals surface area contributed by atoms with Crippen LogP contribution < -0.4 is 5.46 Å². The molecule has 0 unspecified atom stereocenters. The van der Waals surface area contributed by atoms with Crippen molar-refractivity contribution in [1.82, 2.24) is 0 Å². The van der Waals surface area contributed by atoms with E-state index < -0.39 is 7.12 Å². The van der Waals surface area contributed by atoms with Crippen molar-refractivity contribution in [2.24, 2.45) is 0 Å². The van der Waals surface area contributed by atoms with Gasteiger partial charge in [0, 0.05) is 0 Å². The number of nitrogens with zero attached hydrogens (tertiary/aromatic N) is 1. The third-order valence-corrected chi connectivity index (χ3v) is 6.17. The van der Waals surface area contributed by atoms with Gasteiger partial charge in [-0.15, -0.1) is 0 Å². The van der Waals surface area contributed by atoms with E-state index in [4.69, 9.17) is 0 Å². The van der Waals surface area contributed by atoms with Crippen molar-refractivity contribution in [2.45, 2.75) is 0 Å². The van der Waals surface area contributed by atoms with Crippen molar-refractivity contribution < 1.29 is 10.0 Å². The van der Waals surface area contributed by atoms with E-state index in [0.717, 1.165) is 44.5 Å². The number of hydrogen-bond acceptors (Lipinski definition) is 3. The molecule has 0 saturated heterocycles. The van der Waals surface area contributed by atoms with Crippen LogP contribution in [0.15, 0.2) is 121 Å². The second kappa shape index (κ2) is 9.83. The molecule has 0 bridgehead atoms. The van der Waals surface area contributed by atoms with Gasteiger partial charge in [0.05, 0.1) is 11.6 Å². The molecule has 0 heterocycles. The Kier molecular flexibility index (Phi) is 6.28. The fraction of sp³-hybridized carbons (Fsp3) is 0. The highest BCUT2D eigenvalue weighted by Crippen LogP contribution is 2.41. The molecular weight excluding hydrogens is 429 g/mol. The van der Waals surface area contributed by atoms with Crippen LogP contribution in [-0.4, -0.2) is 17.2 Å². The van der Waals surface area contributed by atoms with Crippen LogP contribution in [-0.2, 0) is 0 Å². The first-order valence-electron chi connectivity index (χ1n) is 11.4. The maximum absolute atomic E-state index is 9.96. The van der Waals surface area contributed by atoms with Crippen molar-refractivity contribution >= 4 is 12.6 Å². The summed E-state index contributed by atoms with van der Waals surface area (Å²) in [6.45, 7) is 0. The lowest BCUT2D eigenvalue weighted by atomic mass is 9.76. The Bertz CT molecular complexity index is 1520. The van der Waals surface area contributed by atoms with Gasteiger partial charge in [0.25, 0.3) is 0 Å². The van der Waals surface area contributed by atoms with E-state index in [2.05, 4.69) is 30.3 Å². The van der Waals surface area contributed by atoms with Crippen LogP contribution in [0.5, 0.6) is 0 Å². The zero-order valence-electron chi connectivity index (χ0n) is 19.0. The number of hydrogen-bond donors (Lipinski definition) is 2. The molecule has 0 spiro atoms. The van der Waals surface area contributed by atoms with E-state index in [1.54, 1.807) is 6.07 Å². The Morgan fingerprint density at radius 3 is 1.63 bits per heavy atom. The largest absolute Gasteiger partial charge is 0.488 e. The van der Waals surface area contributed by atoms with Crippen LogP contribution in [0.1, 0.15) is 5.56 Å². The fourth-order valence-electron chi connectivity index (χ4n) is 4.47. The summed E-state index contributed by atoms with van der Waals surface area (Å²) in [7, 11) is -1.58. The second-order valence-corrected chi connectivity index (χ2v) is 8.33. The van der Waals surface area contributed by atoms with Crippen molar-refractivity contribution in [3.63, 3.8) is 0 Å². The highest BCUT2D eigenvalue weighted by molar-refractivity contribution is 6.58. The predicted octanol–water partition coefficient (Wildman–Crippen LogP) is 5.91. The quantitative estimate of drug-likeness (QED) is 0.327. The van der Waals surface area contributed by atoms with Gasteiger partial charge in [-0.1, -0.05) is 109 Å². The maximum Gasteiger partial charge on any atom is 0.488 e. The summed E-state index contributed by atoms with van der Waals surface area (Å²) >= 11 is 0. The maximum atomic E-state index is 9.96. The molecule has 5 aromatic rings. The molecule has 0 radical (unpaired) electrons. The molecule has 0 saturated carbocycles. The Morgan fingerprint density at radius 1 is 0.486 bits per heavy atom. The molecule has 0 aliphatic carbocycles. The minimum atomic E-state index is -1.58. The highest BCUT2D eigenvalue weighted by Gasteiger charge is 2.19. The monoisotopic (exact) mass is 451 g/mol. The third kappa shape index (κ3) is 4.51. The van der Waals surface area contributed by atoms with E-state index in [-0.39, 0.29) is 0 Å². The molecule has 5 aromatic carbocycles. The molecule has 5 rings (SSSR count). The number of benzene rings is 5. The smallest absolute Gasteiger partial charge is 0.423 e. The zero-order chi connectivity index (χ0) is 24.2. The van der Waals surface area contributed by atoms with E-state index in [0.29, 0.717) is 11.0 Å². The lowest BCUT2D eigenvalue weighted by molar-refractivity contribution is 0.426. The molecule has 4 heteroatoms. The van der Waals surface area contributed by atoms with Gasteiger partial charge in [0.15, 0.2) is 0 Å². The van der Waals surface area contributed by atoms with Gasteiger partial charge in [0.1, 0.15) is 0 Å². The lowest BCUT2D eigenvalue weighted by Crippen LogP contribution is -2.29. The molecule has 35 heavy (non-hydrogen) atoms.